The predicted molar refractivity (Wildman–Crippen MR) is 153 cm³/mol. The first-order valence-electron chi connectivity index (χ1n) is 12.9. The van der Waals surface area contributed by atoms with E-state index in [0.717, 1.165) is 11.1 Å². The fourth-order valence-corrected chi connectivity index (χ4v) is 10.1. The van der Waals surface area contributed by atoms with E-state index in [1.54, 1.807) is 22.7 Å². The largest absolute Gasteiger partial charge is 0.396 e. The minimum atomic E-state index is -0.753. The summed E-state index contributed by atoms with van der Waals surface area (Å²) in [5.41, 5.74) is 2.35. The molecular weight excluding hydrogens is 590 g/mol. The van der Waals surface area contributed by atoms with Gasteiger partial charge in [-0.15, -0.1) is 11.8 Å². The normalized spacial score (nSPS) is 29.4. The molecule has 0 saturated carbocycles. The third kappa shape index (κ3) is 4.76. The molecule has 2 bridgehead atoms. The molecule has 2 aromatic carbocycles. The molecule has 202 valence electrons. The zero-order valence-electron chi connectivity index (χ0n) is 21.0. The van der Waals surface area contributed by atoms with Crippen molar-refractivity contribution in [3.63, 3.8) is 0 Å². The van der Waals surface area contributed by atoms with Crippen molar-refractivity contribution in [3.8, 4) is 0 Å². The molecule has 3 aliphatic rings. The van der Waals surface area contributed by atoms with Gasteiger partial charge in [0, 0.05) is 29.8 Å². The van der Waals surface area contributed by atoms with Crippen molar-refractivity contribution in [1.82, 2.24) is 10.2 Å². The number of carbonyl (C=O) groups excluding carboxylic acids is 3. The fourth-order valence-electron chi connectivity index (χ4n) is 6.25. The summed E-state index contributed by atoms with van der Waals surface area (Å²) in [4.78, 5) is 43.2. The van der Waals surface area contributed by atoms with Gasteiger partial charge in [0.05, 0.1) is 27.3 Å². The van der Waals surface area contributed by atoms with E-state index >= 15 is 0 Å². The van der Waals surface area contributed by atoms with E-state index in [1.807, 2.05) is 49.4 Å². The SMILES string of the molecule is Cc1cccc(Cl)c1NC(=O)C1N(CCCCO)C(=O)[C@@H]2[C@H](C(=O)NCc3ccccc3)[C@H]3SC12CC3Br. The fraction of sp³-hybridized carbons (Fsp3) is 0.464. The van der Waals surface area contributed by atoms with Crippen molar-refractivity contribution < 1.29 is 19.5 Å². The lowest BCUT2D eigenvalue weighted by Crippen LogP contribution is -2.53. The molecule has 5 rings (SSSR count). The summed E-state index contributed by atoms with van der Waals surface area (Å²) in [5, 5.41) is 15.7. The number of fused-ring (bicyclic) bond motifs is 1. The summed E-state index contributed by atoms with van der Waals surface area (Å²) < 4.78 is -0.733. The number of nitrogens with one attached hydrogen (secondary N) is 2. The Morgan fingerprint density at radius 3 is 2.63 bits per heavy atom. The molecule has 7 nitrogen and oxygen atoms in total. The van der Waals surface area contributed by atoms with Crippen LogP contribution in [-0.2, 0) is 20.9 Å². The van der Waals surface area contributed by atoms with Crippen molar-refractivity contribution in [2.45, 2.75) is 53.6 Å². The van der Waals surface area contributed by atoms with Crippen LogP contribution in [-0.4, -0.2) is 61.7 Å². The number of benzene rings is 2. The standard InChI is InChI=1S/C28H31BrClN3O4S/c1-16-8-7-11-19(30)22(16)32-26(36)24-28-14-18(29)23(38-28)20(21(28)27(37)33(24)12-5-6-13-34)25(35)31-15-17-9-3-2-4-10-17/h2-4,7-11,18,20-21,23-24,34H,5-6,12-15H2,1H3,(H,31,35)(H,32,36)/t18?,20-,21-,23-,24?,28?/m0/s1. The Labute approximate surface area is 240 Å². The third-order valence-electron chi connectivity index (χ3n) is 7.93. The number of nitrogens with zero attached hydrogens (tertiary/aromatic N) is 1. The number of hydrogen-bond acceptors (Lipinski definition) is 5. The van der Waals surface area contributed by atoms with Gasteiger partial charge in [-0.3, -0.25) is 14.4 Å². The van der Waals surface area contributed by atoms with E-state index in [-0.39, 0.29) is 34.4 Å². The van der Waals surface area contributed by atoms with Crippen LogP contribution >= 0.6 is 39.3 Å². The van der Waals surface area contributed by atoms with Gasteiger partial charge in [-0.05, 0) is 43.4 Å². The van der Waals surface area contributed by atoms with Crippen molar-refractivity contribution in [1.29, 1.82) is 0 Å². The maximum atomic E-state index is 14.0. The maximum absolute atomic E-state index is 14.0. The molecule has 3 unspecified atom stereocenters. The van der Waals surface area contributed by atoms with Gasteiger partial charge in [0.25, 0.3) is 0 Å². The molecule has 3 N–H and O–H groups in total. The number of amides is 3. The quantitative estimate of drug-likeness (QED) is 0.289. The molecule has 3 heterocycles. The number of alkyl halides is 1. The van der Waals surface area contributed by atoms with Gasteiger partial charge in [-0.25, -0.2) is 0 Å². The van der Waals surface area contributed by atoms with Crippen LogP contribution in [0.3, 0.4) is 0 Å². The van der Waals surface area contributed by atoms with Crippen LogP contribution in [0.2, 0.25) is 5.02 Å². The average Bonchev–Trinajstić information content (AvgIpc) is 3.49. The maximum Gasteiger partial charge on any atom is 0.248 e. The van der Waals surface area contributed by atoms with E-state index in [9.17, 15) is 19.5 Å². The van der Waals surface area contributed by atoms with Crippen LogP contribution in [0, 0.1) is 18.8 Å². The highest BCUT2D eigenvalue weighted by Gasteiger charge is 2.75. The lowest BCUT2D eigenvalue weighted by Gasteiger charge is -2.35. The molecule has 0 radical (unpaired) electrons. The summed E-state index contributed by atoms with van der Waals surface area (Å²) in [5.74, 6) is -1.75. The number of likely N-dealkylation sites (tertiary alicyclic amines) is 1. The summed E-state index contributed by atoms with van der Waals surface area (Å²) in [6, 6.07) is 14.3. The number of hydrogen-bond donors (Lipinski definition) is 3. The lowest BCUT2D eigenvalue weighted by molar-refractivity contribution is -0.139. The van der Waals surface area contributed by atoms with Crippen LogP contribution in [0.4, 0.5) is 5.69 Å². The molecule has 6 atom stereocenters. The highest BCUT2D eigenvalue weighted by Crippen LogP contribution is 2.67. The molecule has 3 fully saturated rings. The number of carbonyl (C=O) groups is 3. The predicted octanol–water partition coefficient (Wildman–Crippen LogP) is 4.14. The molecule has 3 saturated heterocycles. The third-order valence-corrected chi connectivity index (χ3v) is 11.5. The number of rotatable bonds is 9. The Morgan fingerprint density at radius 2 is 1.92 bits per heavy atom. The van der Waals surface area contributed by atoms with Gasteiger partial charge >= 0.3 is 0 Å². The van der Waals surface area contributed by atoms with Crippen molar-refractivity contribution >= 4 is 62.7 Å². The van der Waals surface area contributed by atoms with E-state index < -0.39 is 22.6 Å². The zero-order chi connectivity index (χ0) is 27.0. The molecule has 2 aromatic rings. The summed E-state index contributed by atoms with van der Waals surface area (Å²) >= 11 is 11.8. The molecule has 1 spiro atoms. The Kier molecular flexibility index (Phi) is 8.10. The first-order valence-corrected chi connectivity index (χ1v) is 15.1. The van der Waals surface area contributed by atoms with Crippen LogP contribution in [0.25, 0.3) is 0 Å². The second-order valence-electron chi connectivity index (χ2n) is 10.3. The molecule has 10 heteroatoms. The minimum absolute atomic E-state index is 0.00114. The number of unbranched alkanes of at least 4 members (excludes halogenated alkanes) is 1. The number of para-hydroxylation sites is 1. The van der Waals surface area contributed by atoms with Crippen LogP contribution < -0.4 is 10.6 Å². The lowest BCUT2D eigenvalue weighted by atomic mass is 9.70. The van der Waals surface area contributed by atoms with E-state index in [0.29, 0.717) is 43.1 Å². The summed E-state index contributed by atoms with van der Waals surface area (Å²) in [7, 11) is 0. The number of thioether (sulfide) groups is 1. The monoisotopic (exact) mass is 619 g/mol. The topological polar surface area (TPSA) is 98.7 Å². The molecule has 3 aliphatic heterocycles. The second kappa shape index (κ2) is 11.2. The van der Waals surface area contributed by atoms with Gasteiger partial charge in [-0.1, -0.05) is 70.0 Å². The van der Waals surface area contributed by atoms with Crippen LogP contribution in [0.5, 0.6) is 0 Å². The number of halogens is 2. The number of aryl methyl sites for hydroxylation is 1. The number of aliphatic hydroxyl groups is 1. The van der Waals surface area contributed by atoms with E-state index in [4.69, 9.17) is 11.6 Å². The zero-order valence-corrected chi connectivity index (χ0v) is 24.2. The van der Waals surface area contributed by atoms with Crippen LogP contribution in [0.1, 0.15) is 30.4 Å². The molecule has 38 heavy (non-hydrogen) atoms. The van der Waals surface area contributed by atoms with Gasteiger partial charge in [-0.2, -0.15) is 0 Å². The summed E-state index contributed by atoms with van der Waals surface area (Å²) in [6.07, 6.45) is 1.70. The van der Waals surface area contributed by atoms with Crippen molar-refractivity contribution in [2.75, 3.05) is 18.5 Å². The first kappa shape index (κ1) is 27.5. The highest BCUT2D eigenvalue weighted by atomic mass is 79.9. The summed E-state index contributed by atoms with van der Waals surface area (Å²) in [6.45, 7) is 2.61. The number of anilines is 1. The first-order chi connectivity index (χ1) is 18.3. The van der Waals surface area contributed by atoms with Gasteiger partial charge in [0.2, 0.25) is 17.7 Å². The second-order valence-corrected chi connectivity index (χ2v) is 13.4. The highest BCUT2D eigenvalue weighted by molar-refractivity contribution is 9.09. The molecular formula is C28H31BrClN3O4S. The van der Waals surface area contributed by atoms with Gasteiger partial charge in [0.15, 0.2) is 0 Å². The Bertz CT molecular complexity index is 1210. The van der Waals surface area contributed by atoms with Crippen molar-refractivity contribution in [2.24, 2.45) is 11.8 Å². The Balaban J connectivity index is 1.46. The average molecular weight is 621 g/mol. The van der Waals surface area contributed by atoms with Crippen LogP contribution in [0.15, 0.2) is 48.5 Å². The van der Waals surface area contributed by atoms with Gasteiger partial charge < -0.3 is 20.6 Å². The Hall–Kier alpha value is -2.07. The molecule has 0 aliphatic carbocycles. The van der Waals surface area contributed by atoms with E-state index in [1.165, 1.54) is 0 Å². The Morgan fingerprint density at radius 1 is 1.16 bits per heavy atom. The molecule has 3 amide bonds. The minimum Gasteiger partial charge on any atom is -0.396 e. The van der Waals surface area contributed by atoms with Crippen molar-refractivity contribution in [3.05, 3.63) is 64.7 Å². The number of aliphatic hydroxyl groups excluding tert-OH is 1. The van der Waals surface area contributed by atoms with E-state index in [2.05, 4.69) is 26.6 Å². The van der Waals surface area contributed by atoms with Gasteiger partial charge in [0.1, 0.15) is 6.04 Å². The molecule has 0 aromatic heterocycles. The smallest absolute Gasteiger partial charge is 0.248 e.